The van der Waals surface area contributed by atoms with Gasteiger partial charge < -0.3 is 10.1 Å². The molecule has 2 unspecified atom stereocenters. The zero-order valence-corrected chi connectivity index (χ0v) is 12.0. The van der Waals surface area contributed by atoms with E-state index in [1.807, 2.05) is 0 Å². The predicted molar refractivity (Wildman–Crippen MR) is 77.7 cm³/mol. The summed E-state index contributed by atoms with van der Waals surface area (Å²) in [5, 5.41) is 3.47. The zero-order valence-electron chi connectivity index (χ0n) is 12.0. The SMILES string of the molecule is COc1ccc2c(c1)CCCC2N(C)C1CCNC1. The van der Waals surface area contributed by atoms with Gasteiger partial charge in [-0.2, -0.15) is 0 Å². The van der Waals surface area contributed by atoms with Gasteiger partial charge in [-0.1, -0.05) is 6.07 Å². The van der Waals surface area contributed by atoms with E-state index in [9.17, 15) is 0 Å². The molecule has 1 N–H and O–H groups in total. The number of benzene rings is 1. The second-order valence-corrected chi connectivity index (χ2v) is 5.78. The van der Waals surface area contributed by atoms with E-state index >= 15 is 0 Å². The van der Waals surface area contributed by atoms with Gasteiger partial charge in [0.05, 0.1) is 7.11 Å². The Bertz CT molecular complexity index is 440. The van der Waals surface area contributed by atoms with Crippen molar-refractivity contribution in [3.8, 4) is 5.75 Å². The maximum Gasteiger partial charge on any atom is 0.119 e. The van der Waals surface area contributed by atoms with Crippen LogP contribution in [-0.2, 0) is 6.42 Å². The summed E-state index contributed by atoms with van der Waals surface area (Å²) in [6.07, 6.45) is 5.04. The Morgan fingerprint density at radius 1 is 1.32 bits per heavy atom. The van der Waals surface area contributed by atoms with Crippen molar-refractivity contribution in [2.24, 2.45) is 0 Å². The van der Waals surface area contributed by atoms with Gasteiger partial charge in [-0.05, 0) is 62.5 Å². The maximum absolute atomic E-state index is 5.35. The topological polar surface area (TPSA) is 24.5 Å². The van der Waals surface area contributed by atoms with Crippen molar-refractivity contribution < 1.29 is 4.74 Å². The van der Waals surface area contributed by atoms with Crippen LogP contribution in [0.25, 0.3) is 0 Å². The Morgan fingerprint density at radius 3 is 2.95 bits per heavy atom. The summed E-state index contributed by atoms with van der Waals surface area (Å²) < 4.78 is 5.35. The van der Waals surface area contributed by atoms with Crippen LogP contribution in [0.3, 0.4) is 0 Å². The van der Waals surface area contributed by atoms with E-state index in [0.717, 1.165) is 18.8 Å². The van der Waals surface area contributed by atoms with Crippen molar-refractivity contribution in [3.05, 3.63) is 29.3 Å². The van der Waals surface area contributed by atoms with Crippen molar-refractivity contribution >= 4 is 0 Å². The second kappa shape index (κ2) is 5.51. The van der Waals surface area contributed by atoms with E-state index < -0.39 is 0 Å². The molecule has 2 atom stereocenters. The molecule has 0 radical (unpaired) electrons. The molecule has 1 heterocycles. The minimum Gasteiger partial charge on any atom is -0.497 e. The van der Waals surface area contributed by atoms with Crippen molar-refractivity contribution in [2.45, 2.75) is 37.8 Å². The van der Waals surface area contributed by atoms with Gasteiger partial charge in [0.2, 0.25) is 0 Å². The minimum atomic E-state index is 0.583. The summed E-state index contributed by atoms with van der Waals surface area (Å²) in [5.74, 6) is 0.990. The highest BCUT2D eigenvalue weighted by Crippen LogP contribution is 2.36. The van der Waals surface area contributed by atoms with E-state index in [1.165, 1.54) is 36.8 Å². The predicted octanol–water partition coefficient (Wildman–Crippen LogP) is 2.37. The third kappa shape index (κ3) is 2.49. The third-order valence-corrected chi connectivity index (χ3v) is 4.73. The Kier molecular flexibility index (Phi) is 3.76. The van der Waals surface area contributed by atoms with Crippen LogP contribution in [-0.4, -0.2) is 38.2 Å². The van der Waals surface area contributed by atoms with E-state index in [1.54, 1.807) is 7.11 Å². The molecule has 1 fully saturated rings. The van der Waals surface area contributed by atoms with Crippen LogP contribution in [0.1, 0.15) is 36.4 Å². The van der Waals surface area contributed by atoms with E-state index in [2.05, 4.69) is 35.5 Å². The van der Waals surface area contributed by atoms with Gasteiger partial charge in [0.1, 0.15) is 5.75 Å². The van der Waals surface area contributed by atoms with Gasteiger partial charge in [-0.3, -0.25) is 4.90 Å². The monoisotopic (exact) mass is 260 g/mol. The number of hydrogen-bond acceptors (Lipinski definition) is 3. The van der Waals surface area contributed by atoms with Crippen molar-refractivity contribution in [1.29, 1.82) is 0 Å². The molecule has 1 aromatic rings. The molecule has 0 amide bonds. The lowest BCUT2D eigenvalue weighted by Gasteiger charge is -2.36. The highest BCUT2D eigenvalue weighted by atomic mass is 16.5. The Labute approximate surface area is 115 Å². The van der Waals surface area contributed by atoms with Crippen LogP contribution < -0.4 is 10.1 Å². The molecule has 0 saturated carbocycles. The number of likely N-dealkylation sites (N-methyl/N-ethyl adjacent to an activating group) is 1. The van der Waals surface area contributed by atoms with Crippen LogP contribution in [0.15, 0.2) is 18.2 Å². The average molecular weight is 260 g/mol. The number of methoxy groups -OCH3 is 1. The first kappa shape index (κ1) is 12.9. The van der Waals surface area contributed by atoms with Gasteiger partial charge in [0, 0.05) is 18.6 Å². The standard InChI is InChI=1S/C16H24N2O/c1-18(13-8-9-17-11-13)16-5-3-4-12-10-14(19-2)6-7-15(12)16/h6-7,10,13,16-17H,3-5,8-9,11H2,1-2H3. The Morgan fingerprint density at radius 2 is 2.21 bits per heavy atom. The molecule has 1 aliphatic carbocycles. The van der Waals surface area contributed by atoms with Crippen LogP contribution >= 0.6 is 0 Å². The smallest absolute Gasteiger partial charge is 0.119 e. The summed E-state index contributed by atoms with van der Waals surface area (Å²) in [6, 6.07) is 7.88. The minimum absolute atomic E-state index is 0.583. The van der Waals surface area contributed by atoms with Crippen molar-refractivity contribution in [3.63, 3.8) is 0 Å². The summed E-state index contributed by atoms with van der Waals surface area (Å²) in [6.45, 7) is 2.30. The summed E-state index contributed by atoms with van der Waals surface area (Å²) in [7, 11) is 4.04. The third-order valence-electron chi connectivity index (χ3n) is 4.73. The number of hydrogen-bond donors (Lipinski definition) is 1. The molecule has 3 rings (SSSR count). The van der Waals surface area contributed by atoms with Gasteiger partial charge in [0.25, 0.3) is 0 Å². The van der Waals surface area contributed by atoms with Crippen LogP contribution in [0.2, 0.25) is 0 Å². The largest absolute Gasteiger partial charge is 0.497 e. The lowest BCUT2D eigenvalue weighted by molar-refractivity contribution is 0.167. The number of rotatable bonds is 3. The molecule has 1 aromatic carbocycles. The summed E-state index contributed by atoms with van der Waals surface area (Å²) in [5.41, 5.74) is 3.00. The number of nitrogens with zero attached hydrogens (tertiary/aromatic N) is 1. The van der Waals surface area contributed by atoms with Gasteiger partial charge in [0.15, 0.2) is 0 Å². The van der Waals surface area contributed by atoms with E-state index in [4.69, 9.17) is 4.74 Å². The first-order valence-corrected chi connectivity index (χ1v) is 7.39. The quantitative estimate of drug-likeness (QED) is 0.903. The zero-order chi connectivity index (χ0) is 13.2. The summed E-state index contributed by atoms with van der Waals surface area (Å²) >= 11 is 0. The fourth-order valence-corrected chi connectivity index (χ4v) is 3.56. The Hall–Kier alpha value is -1.06. The highest BCUT2D eigenvalue weighted by molar-refractivity contribution is 5.39. The number of ether oxygens (including phenoxy) is 1. The highest BCUT2D eigenvalue weighted by Gasteiger charge is 2.29. The Balaban J connectivity index is 1.85. The molecule has 19 heavy (non-hydrogen) atoms. The van der Waals surface area contributed by atoms with Crippen LogP contribution in [0.5, 0.6) is 5.75 Å². The fraction of sp³-hybridized carbons (Fsp3) is 0.625. The molecule has 1 saturated heterocycles. The van der Waals surface area contributed by atoms with Crippen LogP contribution in [0.4, 0.5) is 0 Å². The molecule has 3 nitrogen and oxygen atoms in total. The molecule has 0 aromatic heterocycles. The molecule has 0 bridgehead atoms. The number of nitrogens with one attached hydrogen (secondary N) is 1. The lowest BCUT2D eigenvalue weighted by Crippen LogP contribution is -2.38. The van der Waals surface area contributed by atoms with Gasteiger partial charge >= 0.3 is 0 Å². The molecule has 3 heteroatoms. The average Bonchev–Trinajstić information content (AvgIpc) is 2.99. The summed E-state index contributed by atoms with van der Waals surface area (Å²) in [4.78, 5) is 2.59. The first-order valence-electron chi connectivity index (χ1n) is 7.39. The second-order valence-electron chi connectivity index (χ2n) is 5.78. The maximum atomic E-state index is 5.35. The molecular formula is C16H24N2O. The van der Waals surface area contributed by atoms with Crippen molar-refractivity contribution in [1.82, 2.24) is 10.2 Å². The first-order chi connectivity index (χ1) is 9.29. The molecular weight excluding hydrogens is 236 g/mol. The van der Waals surface area contributed by atoms with Crippen LogP contribution in [0, 0.1) is 0 Å². The lowest BCUT2D eigenvalue weighted by atomic mass is 9.86. The normalized spacial score (nSPS) is 26.5. The van der Waals surface area contributed by atoms with Gasteiger partial charge in [-0.25, -0.2) is 0 Å². The number of aryl methyl sites for hydroxylation is 1. The van der Waals surface area contributed by atoms with Gasteiger partial charge in [-0.15, -0.1) is 0 Å². The molecule has 104 valence electrons. The molecule has 2 aliphatic rings. The molecule has 0 spiro atoms. The number of fused-ring (bicyclic) bond motifs is 1. The van der Waals surface area contributed by atoms with E-state index in [0.29, 0.717) is 12.1 Å². The van der Waals surface area contributed by atoms with Crippen molar-refractivity contribution in [2.75, 3.05) is 27.2 Å². The fourth-order valence-electron chi connectivity index (χ4n) is 3.56. The molecule has 1 aliphatic heterocycles. The van der Waals surface area contributed by atoms with E-state index in [-0.39, 0.29) is 0 Å².